The highest BCUT2D eigenvalue weighted by Gasteiger charge is 2.34. The number of nitrogens with zero attached hydrogens (tertiary/aromatic N) is 1. The molecule has 0 radical (unpaired) electrons. The van der Waals surface area contributed by atoms with Crippen LogP contribution < -0.4 is 9.47 Å². The molecular formula is C18H25NO5. The molecule has 1 aliphatic rings. The Morgan fingerprint density at radius 3 is 2.29 bits per heavy atom. The van der Waals surface area contributed by atoms with Crippen LogP contribution in [0.3, 0.4) is 0 Å². The molecule has 6 heteroatoms. The van der Waals surface area contributed by atoms with Crippen molar-refractivity contribution in [2.45, 2.75) is 45.6 Å². The van der Waals surface area contributed by atoms with Crippen LogP contribution in [-0.2, 0) is 4.79 Å². The third-order valence-corrected chi connectivity index (χ3v) is 3.67. The number of carbonyl (C=O) groups excluding carboxylic acids is 1. The van der Waals surface area contributed by atoms with Crippen LogP contribution in [0.5, 0.6) is 11.5 Å². The first-order valence-corrected chi connectivity index (χ1v) is 8.49. The molecule has 1 aromatic rings. The van der Waals surface area contributed by atoms with Gasteiger partial charge in [0.2, 0.25) is 0 Å². The minimum atomic E-state index is -0.999. The van der Waals surface area contributed by atoms with Crippen LogP contribution in [-0.4, -0.2) is 47.7 Å². The molecule has 0 heterocycles. The van der Waals surface area contributed by atoms with Crippen LogP contribution in [0.25, 0.3) is 0 Å². The van der Waals surface area contributed by atoms with E-state index in [2.05, 4.69) is 0 Å². The third kappa shape index (κ3) is 4.88. The highest BCUT2D eigenvalue weighted by molar-refractivity contribution is 5.96. The summed E-state index contributed by atoms with van der Waals surface area (Å²) in [6.45, 7) is 4.85. The molecule has 1 N–H and O–H groups in total. The largest absolute Gasteiger partial charge is 0.490 e. The zero-order valence-electron chi connectivity index (χ0n) is 14.3. The van der Waals surface area contributed by atoms with E-state index >= 15 is 0 Å². The Balaban J connectivity index is 2.21. The third-order valence-electron chi connectivity index (χ3n) is 3.67. The number of aliphatic carboxylic acids is 1. The highest BCUT2D eigenvalue weighted by Crippen LogP contribution is 2.32. The predicted molar refractivity (Wildman–Crippen MR) is 89.7 cm³/mol. The van der Waals surface area contributed by atoms with Crippen LogP contribution in [0.2, 0.25) is 0 Å². The molecule has 0 aliphatic heterocycles. The molecule has 0 saturated heterocycles. The Morgan fingerprint density at radius 1 is 1.12 bits per heavy atom. The number of carbonyl (C=O) groups is 2. The summed E-state index contributed by atoms with van der Waals surface area (Å²) in [6.07, 6.45) is 3.44. The van der Waals surface area contributed by atoms with Gasteiger partial charge in [0.15, 0.2) is 11.5 Å². The van der Waals surface area contributed by atoms with E-state index in [1.54, 1.807) is 18.2 Å². The fraction of sp³-hybridized carbons (Fsp3) is 0.556. The van der Waals surface area contributed by atoms with E-state index in [9.17, 15) is 9.59 Å². The SMILES string of the molecule is CCCOc1ccc(C(=O)N(CC(=O)O)C2CC2)cc1OCCC. The Morgan fingerprint density at radius 2 is 1.75 bits per heavy atom. The fourth-order valence-electron chi connectivity index (χ4n) is 2.36. The predicted octanol–water partition coefficient (Wildman–Crippen LogP) is 2.95. The molecule has 1 aromatic carbocycles. The average molecular weight is 335 g/mol. The number of hydrogen-bond donors (Lipinski definition) is 1. The van der Waals surface area contributed by atoms with Gasteiger partial charge in [-0.3, -0.25) is 9.59 Å². The Labute approximate surface area is 142 Å². The van der Waals surface area contributed by atoms with Crippen molar-refractivity contribution >= 4 is 11.9 Å². The number of carboxylic acids is 1. The lowest BCUT2D eigenvalue weighted by Crippen LogP contribution is -2.37. The molecule has 2 rings (SSSR count). The van der Waals surface area contributed by atoms with Crippen LogP contribution in [0, 0.1) is 0 Å². The quantitative estimate of drug-likeness (QED) is 0.711. The van der Waals surface area contributed by atoms with E-state index in [0.717, 1.165) is 25.7 Å². The van der Waals surface area contributed by atoms with E-state index in [-0.39, 0.29) is 18.5 Å². The van der Waals surface area contributed by atoms with Gasteiger partial charge in [0.05, 0.1) is 13.2 Å². The van der Waals surface area contributed by atoms with Crippen LogP contribution in [0.4, 0.5) is 0 Å². The molecule has 0 aromatic heterocycles. The Kier molecular flexibility index (Phi) is 6.46. The van der Waals surface area contributed by atoms with Crippen molar-refractivity contribution < 1.29 is 24.2 Å². The molecule has 24 heavy (non-hydrogen) atoms. The summed E-state index contributed by atoms with van der Waals surface area (Å²) < 4.78 is 11.4. The molecule has 1 amide bonds. The lowest BCUT2D eigenvalue weighted by atomic mass is 10.1. The average Bonchev–Trinajstić information content (AvgIpc) is 3.40. The van der Waals surface area contributed by atoms with Gasteiger partial charge in [-0.15, -0.1) is 0 Å². The van der Waals surface area contributed by atoms with Gasteiger partial charge in [-0.1, -0.05) is 13.8 Å². The molecule has 6 nitrogen and oxygen atoms in total. The van der Waals surface area contributed by atoms with E-state index in [1.807, 2.05) is 13.8 Å². The number of ether oxygens (including phenoxy) is 2. The number of carboxylic acid groups (broad SMARTS) is 1. The normalized spacial score (nSPS) is 13.4. The Bertz CT molecular complexity index is 583. The summed E-state index contributed by atoms with van der Waals surface area (Å²) in [5.74, 6) is -0.135. The number of rotatable bonds is 10. The van der Waals surface area contributed by atoms with Crippen molar-refractivity contribution in [2.24, 2.45) is 0 Å². The first-order chi connectivity index (χ1) is 11.6. The molecule has 1 fully saturated rings. The monoisotopic (exact) mass is 335 g/mol. The van der Waals surface area contributed by atoms with Crippen molar-refractivity contribution in [1.29, 1.82) is 0 Å². The second kappa shape index (κ2) is 8.57. The van der Waals surface area contributed by atoms with E-state index in [0.29, 0.717) is 30.3 Å². The molecule has 0 atom stereocenters. The molecular weight excluding hydrogens is 310 g/mol. The minimum Gasteiger partial charge on any atom is -0.490 e. The number of hydrogen-bond acceptors (Lipinski definition) is 4. The maximum absolute atomic E-state index is 12.7. The van der Waals surface area contributed by atoms with Gasteiger partial charge >= 0.3 is 5.97 Å². The summed E-state index contributed by atoms with van der Waals surface area (Å²) in [4.78, 5) is 25.1. The van der Waals surface area contributed by atoms with Crippen LogP contribution >= 0.6 is 0 Å². The second-order valence-electron chi connectivity index (χ2n) is 5.92. The molecule has 1 saturated carbocycles. The van der Waals surface area contributed by atoms with E-state index in [1.165, 1.54) is 4.90 Å². The highest BCUT2D eigenvalue weighted by atomic mass is 16.5. The lowest BCUT2D eigenvalue weighted by molar-refractivity contribution is -0.137. The summed E-state index contributed by atoms with van der Waals surface area (Å²) in [5.41, 5.74) is 0.429. The summed E-state index contributed by atoms with van der Waals surface area (Å²) in [6, 6.07) is 5.08. The summed E-state index contributed by atoms with van der Waals surface area (Å²) in [5, 5.41) is 9.03. The minimum absolute atomic E-state index is 0.0321. The van der Waals surface area contributed by atoms with Crippen molar-refractivity contribution in [1.82, 2.24) is 4.90 Å². The lowest BCUT2D eigenvalue weighted by Gasteiger charge is -2.21. The van der Waals surface area contributed by atoms with Crippen molar-refractivity contribution in [3.63, 3.8) is 0 Å². The topological polar surface area (TPSA) is 76.1 Å². The smallest absolute Gasteiger partial charge is 0.323 e. The number of benzene rings is 1. The van der Waals surface area contributed by atoms with Gasteiger partial charge in [0.1, 0.15) is 6.54 Å². The maximum Gasteiger partial charge on any atom is 0.323 e. The molecule has 1 aliphatic carbocycles. The molecule has 0 bridgehead atoms. The zero-order valence-corrected chi connectivity index (χ0v) is 14.3. The van der Waals surface area contributed by atoms with Crippen molar-refractivity contribution in [3.8, 4) is 11.5 Å². The van der Waals surface area contributed by atoms with Crippen LogP contribution in [0.1, 0.15) is 49.9 Å². The Hall–Kier alpha value is -2.24. The van der Waals surface area contributed by atoms with Gasteiger partial charge in [-0.25, -0.2) is 0 Å². The van der Waals surface area contributed by atoms with Gasteiger partial charge < -0.3 is 19.5 Å². The fourth-order valence-corrected chi connectivity index (χ4v) is 2.36. The van der Waals surface area contributed by atoms with E-state index in [4.69, 9.17) is 14.6 Å². The van der Waals surface area contributed by atoms with Crippen molar-refractivity contribution in [3.05, 3.63) is 23.8 Å². The molecule has 0 unspecified atom stereocenters. The summed E-state index contributed by atoms with van der Waals surface area (Å²) >= 11 is 0. The zero-order chi connectivity index (χ0) is 17.5. The first-order valence-electron chi connectivity index (χ1n) is 8.49. The standard InChI is InChI=1S/C18H25NO5/c1-3-9-23-15-8-5-13(11-16(15)24-10-4-2)18(22)19(12-17(20)21)14-6-7-14/h5,8,11,14H,3-4,6-7,9-10,12H2,1-2H3,(H,20,21). The summed E-state index contributed by atoms with van der Waals surface area (Å²) in [7, 11) is 0. The van der Waals surface area contributed by atoms with Crippen molar-refractivity contribution in [2.75, 3.05) is 19.8 Å². The molecule has 0 spiro atoms. The van der Waals surface area contributed by atoms with Gasteiger partial charge in [0, 0.05) is 11.6 Å². The van der Waals surface area contributed by atoms with Gasteiger partial charge in [0.25, 0.3) is 5.91 Å². The second-order valence-corrected chi connectivity index (χ2v) is 5.92. The van der Waals surface area contributed by atoms with Gasteiger partial charge in [-0.05, 0) is 43.9 Å². The number of amides is 1. The first kappa shape index (κ1) is 18.1. The van der Waals surface area contributed by atoms with E-state index < -0.39 is 5.97 Å². The maximum atomic E-state index is 12.7. The van der Waals surface area contributed by atoms with Gasteiger partial charge in [-0.2, -0.15) is 0 Å². The van der Waals surface area contributed by atoms with Crippen LogP contribution in [0.15, 0.2) is 18.2 Å². The molecule has 132 valence electrons.